The van der Waals surface area contributed by atoms with E-state index in [1.165, 1.54) is 12.1 Å². The van der Waals surface area contributed by atoms with Gasteiger partial charge in [-0.05, 0) is 26.0 Å². The van der Waals surface area contributed by atoms with E-state index < -0.39 is 0 Å². The lowest BCUT2D eigenvalue weighted by molar-refractivity contribution is 0.463. The van der Waals surface area contributed by atoms with Crippen LogP contribution >= 0.6 is 0 Å². The van der Waals surface area contributed by atoms with Gasteiger partial charge in [-0.1, -0.05) is 12.1 Å². The van der Waals surface area contributed by atoms with Gasteiger partial charge < -0.3 is 4.90 Å². The van der Waals surface area contributed by atoms with Crippen molar-refractivity contribution in [3.8, 4) is 0 Å². The lowest BCUT2D eigenvalue weighted by atomic mass is 10.2. The first-order valence-electron chi connectivity index (χ1n) is 4.78. The highest BCUT2D eigenvalue weighted by molar-refractivity contribution is 5.96. The van der Waals surface area contributed by atoms with Gasteiger partial charge in [-0.3, -0.25) is 5.41 Å². The fourth-order valence-electron chi connectivity index (χ4n) is 1.36. The van der Waals surface area contributed by atoms with Gasteiger partial charge in [0.2, 0.25) is 0 Å². The van der Waals surface area contributed by atoms with Crippen molar-refractivity contribution in [2.75, 3.05) is 13.1 Å². The van der Waals surface area contributed by atoms with Gasteiger partial charge in [0.05, 0.1) is 0 Å². The fourth-order valence-corrected chi connectivity index (χ4v) is 1.36. The molecule has 1 aromatic rings. The van der Waals surface area contributed by atoms with Gasteiger partial charge in [0, 0.05) is 18.7 Å². The van der Waals surface area contributed by atoms with Crippen LogP contribution in [-0.2, 0) is 0 Å². The van der Waals surface area contributed by atoms with E-state index in [1.807, 2.05) is 18.7 Å². The molecule has 0 fully saturated rings. The van der Waals surface area contributed by atoms with Crippen LogP contribution in [0.15, 0.2) is 24.3 Å². The molecule has 0 aliphatic heterocycles. The number of benzene rings is 1. The Balaban J connectivity index is 2.88. The van der Waals surface area contributed by atoms with Crippen LogP contribution in [0, 0.1) is 11.2 Å². The highest BCUT2D eigenvalue weighted by Crippen LogP contribution is 2.06. The van der Waals surface area contributed by atoms with Crippen molar-refractivity contribution in [2.45, 2.75) is 13.8 Å². The molecule has 1 N–H and O–H groups in total. The molecule has 0 atom stereocenters. The zero-order valence-electron chi connectivity index (χ0n) is 8.55. The van der Waals surface area contributed by atoms with Crippen LogP contribution in [0.4, 0.5) is 4.39 Å². The van der Waals surface area contributed by atoms with Gasteiger partial charge in [0.25, 0.3) is 0 Å². The number of nitrogens with one attached hydrogen (secondary N) is 1. The molecular formula is C11H15FN2. The summed E-state index contributed by atoms with van der Waals surface area (Å²) in [5, 5.41) is 7.84. The molecule has 76 valence electrons. The Kier molecular flexibility index (Phi) is 3.63. The second-order valence-corrected chi connectivity index (χ2v) is 3.03. The van der Waals surface area contributed by atoms with E-state index in [1.54, 1.807) is 12.1 Å². The predicted molar refractivity (Wildman–Crippen MR) is 56.1 cm³/mol. The SMILES string of the molecule is CCN(CC)C(=N)c1cccc(F)c1. The second-order valence-electron chi connectivity index (χ2n) is 3.03. The maximum absolute atomic E-state index is 12.9. The third kappa shape index (κ3) is 2.31. The quantitative estimate of drug-likeness (QED) is 0.581. The maximum Gasteiger partial charge on any atom is 0.128 e. The van der Waals surface area contributed by atoms with Gasteiger partial charge >= 0.3 is 0 Å². The Morgan fingerprint density at radius 1 is 1.36 bits per heavy atom. The normalized spacial score (nSPS) is 9.93. The van der Waals surface area contributed by atoms with E-state index in [2.05, 4.69) is 0 Å². The van der Waals surface area contributed by atoms with Crippen LogP contribution in [0.3, 0.4) is 0 Å². The number of halogens is 1. The van der Waals surface area contributed by atoms with Crippen LogP contribution in [0.2, 0.25) is 0 Å². The van der Waals surface area contributed by atoms with Crippen LogP contribution in [0.5, 0.6) is 0 Å². The van der Waals surface area contributed by atoms with Crippen molar-refractivity contribution < 1.29 is 4.39 Å². The Bertz CT molecular complexity index is 319. The number of amidine groups is 1. The summed E-state index contributed by atoms with van der Waals surface area (Å²) in [5.74, 6) is 0.0916. The van der Waals surface area contributed by atoms with Crippen molar-refractivity contribution in [3.05, 3.63) is 35.6 Å². The van der Waals surface area contributed by atoms with Crippen molar-refractivity contribution in [2.24, 2.45) is 0 Å². The molecule has 0 bridgehead atoms. The molecule has 1 rings (SSSR count). The largest absolute Gasteiger partial charge is 0.357 e. The Morgan fingerprint density at radius 3 is 2.50 bits per heavy atom. The third-order valence-electron chi connectivity index (χ3n) is 2.18. The van der Waals surface area contributed by atoms with Crippen molar-refractivity contribution in [1.82, 2.24) is 4.90 Å². The van der Waals surface area contributed by atoms with Gasteiger partial charge in [-0.2, -0.15) is 0 Å². The number of hydrogen-bond acceptors (Lipinski definition) is 1. The smallest absolute Gasteiger partial charge is 0.128 e. The summed E-state index contributed by atoms with van der Waals surface area (Å²) in [4.78, 5) is 1.88. The Morgan fingerprint density at radius 2 is 2.00 bits per heavy atom. The number of nitrogens with zero attached hydrogens (tertiary/aromatic N) is 1. The third-order valence-corrected chi connectivity index (χ3v) is 2.18. The van der Waals surface area contributed by atoms with Crippen molar-refractivity contribution in [1.29, 1.82) is 5.41 Å². The molecule has 0 spiro atoms. The van der Waals surface area contributed by atoms with Crippen LogP contribution in [0.25, 0.3) is 0 Å². The standard InChI is InChI=1S/C11H15FN2/c1-3-14(4-2)11(13)9-6-5-7-10(12)8-9/h5-8,13H,3-4H2,1-2H3. The van der Waals surface area contributed by atoms with Crippen molar-refractivity contribution in [3.63, 3.8) is 0 Å². The molecule has 0 heterocycles. The molecule has 0 unspecified atom stereocenters. The van der Waals surface area contributed by atoms with Gasteiger partial charge in [0.15, 0.2) is 0 Å². The molecule has 0 saturated heterocycles. The molecule has 0 aliphatic rings. The van der Waals surface area contributed by atoms with E-state index in [4.69, 9.17) is 5.41 Å². The topological polar surface area (TPSA) is 27.1 Å². The van der Waals surface area contributed by atoms with E-state index in [0.717, 1.165) is 13.1 Å². The average molecular weight is 194 g/mol. The monoisotopic (exact) mass is 194 g/mol. The number of rotatable bonds is 3. The van der Waals surface area contributed by atoms with E-state index >= 15 is 0 Å². The minimum atomic E-state index is -0.292. The van der Waals surface area contributed by atoms with Gasteiger partial charge in [-0.25, -0.2) is 4.39 Å². The maximum atomic E-state index is 12.9. The molecule has 0 amide bonds. The zero-order chi connectivity index (χ0) is 10.6. The molecule has 14 heavy (non-hydrogen) atoms. The Labute approximate surface area is 83.9 Å². The second kappa shape index (κ2) is 4.74. The first kappa shape index (κ1) is 10.7. The summed E-state index contributed by atoms with van der Waals surface area (Å²) >= 11 is 0. The van der Waals surface area contributed by atoms with Crippen LogP contribution < -0.4 is 0 Å². The molecule has 2 nitrogen and oxygen atoms in total. The van der Waals surface area contributed by atoms with E-state index in [9.17, 15) is 4.39 Å². The van der Waals surface area contributed by atoms with E-state index in [0.29, 0.717) is 11.4 Å². The van der Waals surface area contributed by atoms with Crippen molar-refractivity contribution >= 4 is 5.84 Å². The summed E-state index contributed by atoms with van der Waals surface area (Å²) < 4.78 is 12.9. The van der Waals surface area contributed by atoms with E-state index in [-0.39, 0.29) is 5.82 Å². The lowest BCUT2D eigenvalue weighted by Crippen LogP contribution is -2.30. The zero-order valence-corrected chi connectivity index (χ0v) is 8.55. The van der Waals surface area contributed by atoms with Gasteiger partial charge in [-0.15, -0.1) is 0 Å². The minimum Gasteiger partial charge on any atom is -0.357 e. The van der Waals surface area contributed by atoms with Gasteiger partial charge in [0.1, 0.15) is 11.7 Å². The van der Waals surface area contributed by atoms with Crippen LogP contribution in [-0.4, -0.2) is 23.8 Å². The molecular weight excluding hydrogens is 179 g/mol. The first-order chi connectivity index (χ1) is 6.69. The summed E-state index contributed by atoms with van der Waals surface area (Å²) in [7, 11) is 0. The Hall–Kier alpha value is -1.38. The fraction of sp³-hybridized carbons (Fsp3) is 0.364. The highest BCUT2D eigenvalue weighted by Gasteiger charge is 2.08. The van der Waals surface area contributed by atoms with Crippen LogP contribution in [0.1, 0.15) is 19.4 Å². The number of hydrogen-bond donors (Lipinski definition) is 1. The molecule has 0 radical (unpaired) electrons. The molecule has 0 aliphatic carbocycles. The first-order valence-corrected chi connectivity index (χ1v) is 4.78. The molecule has 0 saturated carbocycles. The molecule has 1 aromatic carbocycles. The summed E-state index contributed by atoms with van der Waals surface area (Å²) in [5.41, 5.74) is 0.633. The molecule has 3 heteroatoms. The minimum absolute atomic E-state index is 0.292. The lowest BCUT2D eigenvalue weighted by Gasteiger charge is -2.21. The summed E-state index contributed by atoms with van der Waals surface area (Å²) in [6, 6.07) is 6.16. The summed E-state index contributed by atoms with van der Waals surface area (Å²) in [6.45, 7) is 5.51. The highest BCUT2D eigenvalue weighted by atomic mass is 19.1. The summed E-state index contributed by atoms with van der Waals surface area (Å²) in [6.07, 6.45) is 0. The predicted octanol–water partition coefficient (Wildman–Crippen LogP) is 2.49. The molecule has 0 aromatic heterocycles. The average Bonchev–Trinajstić information content (AvgIpc) is 2.19.